The van der Waals surface area contributed by atoms with Crippen molar-refractivity contribution in [3.8, 4) is 5.75 Å². The first-order valence-corrected chi connectivity index (χ1v) is 5.16. The summed E-state index contributed by atoms with van der Waals surface area (Å²) in [5, 5.41) is 8.54. The molecule has 0 amide bonds. The number of aryl methyl sites for hydroxylation is 2. The molecule has 3 N–H and O–H groups in total. The lowest BCUT2D eigenvalue weighted by Gasteiger charge is -2.13. The van der Waals surface area contributed by atoms with Crippen LogP contribution in [0.1, 0.15) is 17.5 Å². The number of hydrogen-bond donors (Lipinski definition) is 2. The Bertz CT molecular complexity index is 377. The lowest BCUT2D eigenvalue weighted by atomic mass is 10.1. The van der Waals surface area contributed by atoms with E-state index in [1.807, 2.05) is 32.0 Å². The van der Waals surface area contributed by atoms with Gasteiger partial charge in [-0.3, -0.25) is 4.79 Å². The van der Waals surface area contributed by atoms with E-state index in [0.717, 1.165) is 11.3 Å². The van der Waals surface area contributed by atoms with Crippen LogP contribution < -0.4 is 10.5 Å². The molecule has 0 fully saturated rings. The van der Waals surface area contributed by atoms with Crippen molar-refractivity contribution in [3.05, 3.63) is 29.3 Å². The van der Waals surface area contributed by atoms with Crippen LogP contribution in [-0.2, 0) is 4.79 Å². The summed E-state index contributed by atoms with van der Waals surface area (Å²) in [5.74, 6) is -0.150. The molecule has 1 atom stereocenters. The minimum atomic E-state index is -0.906. The van der Waals surface area contributed by atoms with Gasteiger partial charge in [0.05, 0.1) is 6.42 Å². The standard InChI is InChI=1S/C12H17NO3/c1-8-3-4-11(9(2)5-8)16-7-10(13)6-12(14)15/h3-5,10H,6-7,13H2,1-2H3,(H,14,15). The van der Waals surface area contributed by atoms with Gasteiger partial charge in [-0.05, 0) is 25.5 Å². The third-order valence-electron chi connectivity index (χ3n) is 2.22. The van der Waals surface area contributed by atoms with E-state index < -0.39 is 12.0 Å². The van der Waals surface area contributed by atoms with Gasteiger partial charge in [-0.1, -0.05) is 17.7 Å². The van der Waals surface area contributed by atoms with Crippen molar-refractivity contribution >= 4 is 5.97 Å². The molecule has 88 valence electrons. The molecule has 0 bridgehead atoms. The molecule has 0 radical (unpaired) electrons. The minimum Gasteiger partial charge on any atom is -0.492 e. The maximum atomic E-state index is 10.4. The Balaban J connectivity index is 2.51. The third kappa shape index (κ3) is 3.90. The summed E-state index contributed by atoms with van der Waals surface area (Å²) in [6, 6.07) is 5.36. The van der Waals surface area contributed by atoms with Crippen molar-refractivity contribution in [3.63, 3.8) is 0 Å². The van der Waals surface area contributed by atoms with Crippen LogP contribution in [-0.4, -0.2) is 23.7 Å². The Kier molecular flexibility index (Phi) is 4.31. The van der Waals surface area contributed by atoms with E-state index in [1.165, 1.54) is 5.56 Å². The molecular weight excluding hydrogens is 206 g/mol. The van der Waals surface area contributed by atoms with E-state index in [9.17, 15) is 4.79 Å². The number of ether oxygens (including phenoxy) is 1. The lowest BCUT2D eigenvalue weighted by molar-refractivity contribution is -0.137. The second-order valence-electron chi connectivity index (χ2n) is 3.94. The number of hydrogen-bond acceptors (Lipinski definition) is 3. The summed E-state index contributed by atoms with van der Waals surface area (Å²) in [6.07, 6.45) is -0.0785. The normalized spacial score (nSPS) is 12.2. The predicted molar refractivity (Wildman–Crippen MR) is 61.6 cm³/mol. The number of benzene rings is 1. The van der Waals surface area contributed by atoms with Crippen LogP contribution in [0.2, 0.25) is 0 Å². The van der Waals surface area contributed by atoms with Crippen molar-refractivity contribution < 1.29 is 14.6 Å². The van der Waals surface area contributed by atoms with Gasteiger partial charge in [0, 0.05) is 6.04 Å². The van der Waals surface area contributed by atoms with Gasteiger partial charge in [0.2, 0.25) is 0 Å². The maximum absolute atomic E-state index is 10.4. The van der Waals surface area contributed by atoms with E-state index in [1.54, 1.807) is 0 Å². The molecule has 1 aromatic carbocycles. The number of nitrogens with two attached hydrogens (primary N) is 1. The second-order valence-corrected chi connectivity index (χ2v) is 3.94. The van der Waals surface area contributed by atoms with Gasteiger partial charge in [-0.2, -0.15) is 0 Å². The van der Waals surface area contributed by atoms with E-state index >= 15 is 0 Å². The van der Waals surface area contributed by atoms with Crippen LogP contribution in [0.15, 0.2) is 18.2 Å². The van der Waals surface area contributed by atoms with Crippen LogP contribution in [0.25, 0.3) is 0 Å². The number of aliphatic carboxylic acids is 1. The average Bonchev–Trinajstić information content (AvgIpc) is 2.15. The summed E-state index contributed by atoms with van der Waals surface area (Å²) in [7, 11) is 0. The monoisotopic (exact) mass is 223 g/mol. The van der Waals surface area contributed by atoms with Crippen molar-refractivity contribution in [2.45, 2.75) is 26.3 Å². The highest BCUT2D eigenvalue weighted by Crippen LogP contribution is 2.18. The Morgan fingerprint density at radius 3 is 2.75 bits per heavy atom. The van der Waals surface area contributed by atoms with Gasteiger partial charge < -0.3 is 15.6 Å². The summed E-state index contributed by atoms with van der Waals surface area (Å²) in [4.78, 5) is 10.4. The molecule has 4 heteroatoms. The second kappa shape index (κ2) is 5.51. The van der Waals surface area contributed by atoms with Gasteiger partial charge in [-0.25, -0.2) is 0 Å². The topological polar surface area (TPSA) is 72.5 Å². The van der Waals surface area contributed by atoms with Crippen LogP contribution in [0.5, 0.6) is 5.75 Å². The maximum Gasteiger partial charge on any atom is 0.305 e. The zero-order valence-electron chi connectivity index (χ0n) is 9.56. The van der Waals surface area contributed by atoms with E-state index in [2.05, 4.69) is 0 Å². The van der Waals surface area contributed by atoms with Crippen molar-refractivity contribution in [2.24, 2.45) is 5.73 Å². The zero-order chi connectivity index (χ0) is 12.1. The highest BCUT2D eigenvalue weighted by molar-refractivity contribution is 5.67. The largest absolute Gasteiger partial charge is 0.492 e. The lowest BCUT2D eigenvalue weighted by Crippen LogP contribution is -2.30. The van der Waals surface area contributed by atoms with Gasteiger partial charge in [0.15, 0.2) is 0 Å². The van der Waals surface area contributed by atoms with E-state index in [0.29, 0.717) is 0 Å². The molecule has 4 nitrogen and oxygen atoms in total. The predicted octanol–water partition coefficient (Wildman–Crippen LogP) is 1.48. The smallest absolute Gasteiger partial charge is 0.305 e. The first kappa shape index (κ1) is 12.5. The third-order valence-corrected chi connectivity index (χ3v) is 2.22. The van der Waals surface area contributed by atoms with E-state index in [-0.39, 0.29) is 13.0 Å². The zero-order valence-corrected chi connectivity index (χ0v) is 9.56. The van der Waals surface area contributed by atoms with Crippen molar-refractivity contribution in [1.29, 1.82) is 0 Å². The first-order valence-electron chi connectivity index (χ1n) is 5.16. The van der Waals surface area contributed by atoms with Crippen LogP contribution in [0.4, 0.5) is 0 Å². The molecular formula is C12H17NO3. The molecule has 0 aliphatic rings. The number of carboxylic acids is 1. The van der Waals surface area contributed by atoms with Gasteiger partial charge in [-0.15, -0.1) is 0 Å². The fraction of sp³-hybridized carbons (Fsp3) is 0.417. The first-order chi connectivity index (χ1) is 7.49. The quantitative estimate of drug-likeness (QED) is 0.793. The molecule has 0 aromatic heterocycles. The molecule has 1 unspecified atom stereocenters. The Morgan fingerprint density at radius 1 is 1.50 bits per heavy atom. The number of carbonyl (C=O) groups is 1. The molecule has 16 heavy (non-hydrogen) atoms. The van der Waals surface area contributed by atoms with Crippen LogP contribution in [0.3, 0.4) is 0 Å². The summed E-state index contributed by atoms with van der Waals surface area (Å²) in [5.41, 5.74) is 7.79. The Morgan fingerprint density at radius 2 is 2.19 bits per heavy atom. The molecule has 0 saturated heterocycles. The molecule has 0 aliphatic heterocycles. The minimum absolute atomic E-state index is 0.0785. The summed E-state index contributed by atoms with van der Waals surface area (Å²) < 4.78 is 5.47. The number of rotatable bonds is 5. The SMILES string of the molecule is Cc1ccc(OCC(N)CC(=O)O)c(C)c1. The summed E-state index contributed by atoms with van der Waals surface area (Å²) >= 11 is 0. The fourth-order valence-corrected chi connectivity index (χ4v) is 1.44. The van der Waals surface area contributed by atoms with Gasteiger partial charge in [0.1, 0.15) is 12.4 Å². The van der Waals surface area contributed by atoms with Gasteiger partial charge >= 0.3 is 5.97 Å². The summed E-state index contributed by atoms with van der Waals surface area (Å²) in [6.45, 7) is 4.17. The van der Waals surface area contributed by atoms with Crippen molar-refractivity contribution in [1.82, 2.24) is 0 Å². The Labute approximate surface area is 95.0 Å². The van der Waals surface area contributed by atoms with Crippen molar-refractivity contribution in [2.75, 3.05) is 6.61 Å². The molecule has 0 aliphatic carbocycles. The number of carboxylic acid groups (broad SMARTS) is 1. The highest BCUT2D eigenvalue weighted by Gasteiger charge is 2.09. The van der Waals surface area contributed by atoms with Gasteiger partial charge in [0.25, 0.3) is 0 Å². The molecule has 1 aromatic rings. The molecule has 0 saturated carbocycles. The highest BCUT2D eigenvalue weighted by atomic mass is 16.5. The molecule has 1 rings (SSSR count). The van der Waals surface area contributed by atoms with Crippen LogP contribution in [0, 0.1) is 13.8 Å². The van der Waals surface area contributed by atoms with E-state index in [4.69, 9.17) is 15.6 Å². The average molecular weight is 223 g/mol. The Hall–Kier alpha value is -1.55. The fourth-order valence-electron chi connectivity index (χ4n) is 1.44. The molecule has 0 spiro atoms. The van der Waals surface area contributed by atoms with Crippen LogP contribution >= 0.6 is 0 Å². The molecule has 0 heterocycles.